The largest absolute Gasteiger partial charge is 0.478 e. The summed E-state index contributed by atoms with van der Waals surface area (Å²) >= 11 is 3.18. The van der Waals surface area contributed by atoms with Gasteiger partial charge in [-0.3, -0.25) is 0 Å². The van der Waals surface area contributed by atoms with Crippen molar-refractivity contribution in [2.24, 2.45) is 0 Å². The van der Waals surface area contributed by atoms with E-state index in [9.17, 15) is 9.18 Å². The molecule has 0 aliphatic heterocycles. The number of carboxylic acid groups (broad SMARTS) is 1. The van der Waals surface area contributed by atoms with Crippen molar-refractivity contribution in [1.29, 1.82) is 0 Å². The Kier molecular flexibility index (Phi) is 3.41. The van der Waals surface area contributed by atoms with Crippen molar-refractivity contribution in [2.75, 3.05) is 0 Å². The van der Waals surface area contributed by atoms with E-state index in [1.807, 2.05) is 0 Å². The Hall–Kier alpha value is -1.16. The van der Waals surface area contributed by atoms with Gasteiger partial charge in [-0.15, -0.1) is 0 Å². The normalized spacial score (nSPS) is 10.8. The summed E-state index contributed by atoms with van der Waals surface area (Å²) in [4.78, 5) is 10.3. The molecule has 0 heterocycles. The van der Waals surface area contributed by atoms with E-state index in [0.29, 0.717) is 10.0 Å². The van der Waals surface area contributed by atoms with E-state index < -0.39 is 11.8 Å². The minimum atomic E-state index is -1.05. The second-order valence-corrected chi connectivity index (χ2v) is 3.63. The number of hydrogen-bond donors (Lipinski definition) is 1. The van der Waals surface area contributed by atoms with Crippen molar-refractivity contribution in [3.05, 3.63) is 39.6 Å². The molecule has 0 aromatic heterocycles. The van der Waals surface area contributed by atoms with Gasteiger partial charge in [0.25, 0.3) is 0 Å². The summed E-state index contributed by atoms with van der Waals surface area (Å²) in [6.45, 7) is 1.78. The smallest absolute Gasteiger partial charge is 0.328 e. The predicted octanol–water partition coefficient (Wildman–Crippen LogP) is 2.99. The number of benzene rings is 1. The first kappa shape index (κ1) is 10.9. The van der Waals surface area contributed by atoms with Crippen molar-refractivity contribution in [3.63, 3.8) is 0 Å². The van der Waals surface area contributed by atoms with E-state index in [4.69, 9.17) is 5.11 Å². The van der Waals surface area contributed by atoms with Crippen molar-refractivity contribution < 1.29 is 14.3 Å². The van der Waals surface area contributed by atoms with Crippen molar-refractivity contribution >= 4 is 28.0 Å². The molecule has 0 spiro atoms. The van der Waals surface area contributed by atoms with Gasteiger partial charge in [0.15, 0.2) is 0 Å². The highest BCUT2D eigenvalue weighted by Crippen LogP contribution is 2.22. The van der Waals surface area contributed by atoms with Crippen LogP contribution in [0.15, 0.2) is 22.7 Å². The van der Waals surface area contributed by atoms with Crippen LogP contribution in [0.3, 0.4) is 0 Å². The maximum atomic E-state index is 12.9. The van der Waals surface area contributed by atoms with Crippen molar-refractivity contribution in [3.8, 4) is 0 Å². The van der Waals surface area contributed by atoms with Crippen molar-refractivity contribution in [1.82, 2.24) is 0 Å². The molecule has 0 saturated carbocycles. The van der Waals surface area contributed by atoms with Gasteiger partial charge in [0, 0.05) is 10.5 Å². The molecule has 0 atom stereocenters. The van der Waals surface area contributed by atoms with Crippen LogP contribution in [0.25, 0.3) is 6.08 Å². The molecule has 0 saturated heterocycles. The van der Waals surface area contributed by atoms with Crippen LogP contribution in [0.2, 0.25) is 0 Å². The Morgan fingerprint density at radius 1 is 1.57 bits per heavy atom. The van der Waals surface area contributed by atoms with E-state index in [1.165, 1.54) is 18.2 Å². The lowest BCUT2D eigenvalue weighted by molar-refractivity contribution is -0.131. The van der Waals surface area contributed by atoms with E-state index in [0.717, 1.165) is 11.6 Å². The van der Waals surface area contributed by atoms with Crippen LogP contribution in [0.1, 0.15) is 11.1 Å². The molecule has 0 aliphatic rings. The number of carboxylic acids is 1. The number of halogens is 2. The molecule has 4 heteroatoms. The van der Waals surface area contributed by atoms with Crippen LogP contribution < -0.4 is 0 Å². The van der Waals surface area contributed by atoms with Gasteiger partial charge >= 0.3 is 5.97 Å². The standard InChI is InChI=1S/C10H8BrFO2/c1-6-7(2-3-10(13)14)4-8(12)5-9(6)11/h2-5H,1H3,(H,13,14)/b3-2+. The molecule has 0 unspecified atom stereocenters. The first-order valence-corrected chi connectivity index (χ1v) is 4.66. The van der Waals surface area contributed by atoms with E-state index >= 15 is 0 Å². The number of hydrogen-bond acceptors (Lipinski definition) is 1. The minimum absolute atomic E-state index is 0.396. The molecule has 1 rings (SSSR count). The molecular formula is C10H8BrFO2. The second kappa shape index (κ2) is 4.37. The lowest BCUT2D eigenvalue weighted by Gasteiger charge is -2.02. The van der Waals surface area contributed by atoms with Gasteiger partial charge in [0.05, 0.1) is 0 Å². The van der Waals surface area contributed by atoms with Crippen LogP contribution >= 0.6 is 15.9 Å². The van der Waals surface area contributed by atoms with E-state index in [1.54, 1.807) is 6.92 Å². The minimum Gasteiger partial charge on any atom is -0.478 e. The average molecular weight is 259 g/mol. The van der Waals surface area contributed by atoms with Crippen LogP contribution in [0.5, 0.6) is 0 Å². The maximum Gasteiger partial charge on any atom is 0.328 e. The van der Waals surface area contributed by atoms with Gasteiger partial charge in [-0.2, -0.15) is 0 Å². The molecule has 0 fully saturated rings. The number of rotatable bonds is 2. The van der Waals surface area contributed by atoms with Gasteiger partial charge in [-0.1, -0.05) is 15.9 Å². The van der Waals surface area contributed by atoms with E-state index in [-0.39, 0.29) is 0 Å². The molecular weight excluding hydrogens is 251 g/mol. The first-order valence-electron chi connectivity index (χ1n) is 3.87. The van der Waals surface area contributed by atoms with E-state index in [2.05, 4.69) is 15.9 Å². The summed E-state index contributed by atoms with van der Waals surface area (Å²) in [7, 11) is 0. The quantitative estimate of drug-likeness (QED) is 0.829. The summed E-state index contributed by atoms with van der Waals surface area (Å²) in [6, 6.07) is 2.63. The molecule has 1 aromatic carbocycles. The molecule has 1 aromatic rings. The Morgan fingerprint density at radius 3 is 2.79 bits per heavy atom. The predicted molar refractivity (Wildman–Crippen MR) is 55.5 cm³/mol. The molecule has 0 radical (unpaired) electrons. The summed E-state index contributed by atoms with van der Waals surface area (Å²) < 4.78 is 13.5. The molecule has 0 bridgehead atoms. The third-order valence-electron chi connectivity index (χ3n) is 1.75. The zero-order valence-electron chi connectivity index (χ0n) is 7.42. The summed E-state index contributed by atoms with van der Waals surface area (Å²) in [5.41, 5.74) is 1.36. The molecule has 1 N–H and O–H groups in total. The summed E-state index contributed by atoms with van der Waals surface area (Å²) in [5.74, 6) is -1.45. The zero-order valence-corrected chi connectivity index (χ0v) is 9.01. The molecule has 74 valence electrons. The highest BCUT2D eigenvalue weighted by atomic mass is 79.9. The Bertz CT molecular complexity index is 399. The van der Waals surface area contributed by atoms with Gasteiger partial charge in [-0.25, -0.2) is 9.18 Å². The van der Waals surface area contributed by atoms with Crippen LogP contribution in [0.4, 0.5) is 4.39 Å². The zero-order chi connectivity index (χ0) is 10.7. The SMILES string of the molecule is Cc1c(Br)cc(F)cc1/C=C/C(=O)O. The molecule has 0 aliphatic carbocycles. The molecule has 0 amide bonds. The Balaban J connectivity index is 3.14. The molecule has 2 nitrogen and oxygen atoms in total. The maximum absolute atomic E-state index is 12.9. The summed E-state index contributed by atoms with van der Waals surface area (Å²) in [6.07, 6.45) is 2.35. The fraction of sp³-hybridized carbons (Fsp3) is 0.100. The van der Waals surface area contributed by atoms with Gasteiger partial charge < -0.3 is 5.11 Å². The van der Waals surface area contributed by atoms with Gasteiger partial charge in [0.1, 0.15) is 5.82 Å². The monoisotopic (exact) mass is 258 g/mol. The molecule has 14 heavy (non-hydrogen) atoms. The number of carbonyl (C=O) groups is 1. The first-order chi connectivity index (χ1) is 6.50. The van der Waals surface area contributed by atoms with Crippen LogP contribution in [-0.2, 0) is 4.79 Å². The number of aliphatic carboxylic acids is 1. The second-order valence-electron chi connectivity index (χ2n) is 2.77. The van der Waals surface area contributed by atoms with Gasteiger partial charge in [-0.05, 0) is 36.3 Å². The Morgan fingerprint density at radius 2 is 2.21 bits per heavy atom. The fourth-order valence-corrected chi connectivity index (χ4v) is 1.45. The van der Waals surface area contributed by atoms with Crippen LogP contribution in [0, 0.1) is 12.7 Å². The third kappa shape index (κ3) is 2.67. The Labute approximate surface area is 89.2 Å². The topological polar surface area (TPSA) is 37.3 Å². The fourth-order valence-electron chi connectivity index (χ4n) is 1.000. The highest BCUT2D eigenvalue weighted by molar-refractivity contribution is 9.10. The lowest BCUT2D eigenvalue weighted by Crippen LogP contribution is -1.89. The average Bonchev–Trinajstić information content (AvgIpc) is 2.08. The highest BCUT2D eigenvalue weighted by Gasteiger charge is 2.03. The van der Waals surface area contributed by atoms with Crippen molar-refractivity contribution in [2.45, 2.75) is 6.92 Å². The van der Waals surface area contributed by atoms with Gasteiger partial charge in [0.2, 0.25) is 0 Å². The third-order valence-corrected chi connectivity index (χ3v) is 2.58. The summed E-state index contributed by atoms with van der Waals surface area (Å²) in [5, 5.41) is 8.41. The lowest BCUT2D eigenvalue weighted by atomic mass is 10.1. The van der Waals surface area contributed by atoms with Crippen LogP contribution in [-0.4, -0.2) is 11.1 Å².